The predicted octanol–water partition coefficient (Wildman–Crippen LogP) is 3.58. The number of rotatable bonds is 8. The van der Waals surface area contributed by atoms with Gasteiger partial charge in [0.15, 0.2) is 0 Å². The summed E-state index contributed by atoms with van der Waals surface area (Å²) in [6, 6.07) is 18.4. The van der Waals surface area contributed by atoms with E-state index in [1.165, 1.54) is 13.2 Å². The Kier molecular flexibility index (Phi) is 6.98. The van der Waals surface area contributed by atoms with E-state index in [9.17, 15) is 19.5 Å². The van der Waals surface area contributed by atoms with Crippen LogP contribution in [0.3, 0.4) is 0 Å². The maximum atomic E-state index is 12.7. The molecule has 3 aromatic carbocycles. The maximum Gasteiger partial charge on any atom is 0.407 e. The van der Waals surface area contributed by atoms with Gasteiger partial charge in [-0.3, -0.25) is 4.79 Å². The van der Waals surface area contributed by atoms with Crippen LogP contribution in [0.5, 0.6) is 5.75 Å². The number of benzene rings is 3. The Hall–Kier alpha value is -4.37. The van der Waals surface area contributed by atoms with Crippen LogP contribution in [0.1, 0.15) is 27.4 Å². The lowest BCUT2D eigenvalue weighted by Crippen LogP contribution is -2.47. The van der Waals surface area contributed by atoms with E-state index in [0.717, 1.165) is 34.4 Å². The molecule has 0 fully saturated rings. The van der Waals surface area contributed by atoms with E-state index in [2.05, 4.69) is 10.6 Å². The number of aromatic carboxylic acids is 1. The Morgan fingerprint density at radius 3 is 2.20 bits per heavy atom. The van der Waals surface area contributed by atoms with Gasteiger partial charge < -0.3 is 30.3 Å². The van der Waals surface area contributed by atoms with Crippen LogP contribution in [-0.4, -0.2) is 54.5 Å². The monoisotopic (exact) mass is 476 g/mol. The predicted molar refractivity (Wildman–Crippen MR) is 128 cm³/mol. The van der Waals surface area contributed by atoms with E-state index in [0.29, 0.717) is 0 Å². The Morgan fingerprint density at radius 1 is 0.971 bits per heavy atom. The molecule has 4 N–H and O–H groups in total. The number of amides is 2. The van der Waals surface area contributed by atoms with Crippen molar-refractivity contribution >= 4 is 23.7 Å². The van der Waals surface area contributed by atoms with E-state index in [1.807, 2.05) is 48.5 Å². The number of alkyl carbamates (subject to hydrolysis) is 1. The lowest BCUT2D eigenvalue weighted by Gasteiger charge is -2.19. The van der Waals surface area contributed by atoms with Crippen LogP contribution in [0.25, 0.3) is 11.1 Å². The Bertz CT molecular complexity index is 1230. The summed E-state index contributed by atoms with van der Waals surface area (Å²) >= 11 is 0. The van der Waals surface area contributed by atoms with Gasteiger partial charge in [-0.05, 0) is 40.5 Å². The molecule has 1 aliphatic rings. The Labute approximate surface area is 201 Å². The standard InChI is InChI=1S/C26H24N2O7/c1-34-14-22(24(30)27-15-10-11-23(29)20(12-15)25(31)32)28-26(33)35-13-21-18-8-4-2-6-16(18)17-7-3-5-9-19(17)21/h2-12,21-22,29H,13-14H2,1H3,(H,27,30)(H,28,33)(H,31,32). The molecule has 1 unspecified atom stereocenters. The van der Waals surface area contributed by atoms with E-state index >= 15 is 0 Å². The summed E-state index contributed by atoms with van der Waals surface area (Å²) in [5, 5.41) is 23.8. The van der Waals surface area contributed by atoms with Crippen molar-refractivity contribution in [3.8, 4) is 16.9 Å². The molecule has 0 bridgehead atoms. The van der Waals surface area contributed by atoms with Crippen molar-refractivity contribution in [2.75, 3.05) is 25.6 Å². The lowest BCUT2D eigenvalue weighted by atomic mass is 9.98. The van der Waals surface area contributed by atoms with Gasteiger partial charge in [-0.2, -0.15) is 0 Å². The molecule has 0 aromatic heterocycles. The van der Waals surface area contributed by atoms with Crippen molar-refractivity contribution in [3.05, 3.63) is 83.4 Å². The van der Waals surface area contributed by atoms with Gasteiger partial charge in [0.05, 0.1) is 6.61 Å². The lowest BCUT2D eigenvalue weighted by molar-refractivity contribution is -0.119. The highest BCUT2D eigenvalue weighted by molar-refractivity contribution is 5.98. The van der Waals surface area contributed by atoms with Gasteiger partial charge in [0.25, 0.3) is 0 Å². The molecule has 35 heavy (non-hydrogen) atoms. The largest absolute Gasteiger partial charge is 0.507 e. The zero-order valence-electron chi connectivity index (χ0n) is 18.9. The molecule has 180 valence electrons. The molecule has 9 heteroatoms. The third-order valence-electron chi connectivity index (χ3n) is 5.78. The molecule has 2 amide bonds. The number of ether oxygens (including phenoxy) is 2. The summed E-state index contributed by atoms with van der Waals surface area (Å²) in [4.78, 5) is 36.5. The minimum Gasteiger partial charge on any atom is -0.507 e. The van der Waals surface area contributed by atoms with Crippen molar-refractivity contribution in [2.24, 2.45) is 0 Å². The van der Waals surface area contributed by atoms with E-state index in [-0.39, 0.29) is 30.4 Å². The second-order valence-electron chi connectivity index (χ2n) is 8.00. The highest BCUT2D eigenvalue weighted by Crippen LogP contribution is 2.44. The van der Waals surface area contributed by atoms with Crippen molar-refractivity contribution < 1.29 is 34.1 Å². The molecule has 9 nitrogen and oxygen atoms in total. The van der Waals surface area contributed by atoms with Gasteiger partial charge in [0.1, 0.15) is 24.0 Å². The number of phenols is 1. The fraction of sp³-hybridized carbons (Fsp3) is 0.192. The first-order valence-corrected chi connectivity index (χ1v) is 10.9. The number of hydrogen-bond donors (Lipinski definition) is 4. The zero-order valence-corrected chi connectivity index (χ0v) is 18.9. The van der Waals surface area contributed by atoms with E-state index in [4.69, 9.17) is 14.6 Å². The number of anilines is 1. The topological polar surface area (TPSA) is 134 Å². The first-order chi connectivity index (χ1) is 16.9. The molecule has 0 saturated heterocycles. The van der Waals surface area contributed by atoms with Crippen LogP contribution in [-0.2, 0) is 14.3 Å². The average molecular weight is 476 g/mol. The van der Waals surface area contributed by atoms with Crippen molar-refractivity contribution in [3.63, 3.8) is 0 Å². The summed E-state index contributed by atoms with van der Waals surface area (Å²) in [6.07, 6.45) is -0.791. The van der Waals surface area contributed by atoms with Crippen LogP contribution in [0.2, 0.25) is 0 Å². The summed E-state index contributed by atoms with van der Waals surface area (Å²) in [5.74, 6) is -2.54. The summed E-state index contributed by atoms with van der Waals surface area (Å²) in [5.41, 5.74) is 4.10. The van der Waals surface area contributed by atoms with Crippen LogP contribution >= 0.6 is 0 Å². The molecule has 0 spiro atoms. The fourth-order valence-corrected chi connectivity index (χ4v) is 4.15. The van der Waals surface area contributed by atoms with Gasteiger partial charge in [0.2, 0.25) is 5.91 Å². The summed E-state index contributed by atoms with van der Waals surface area (Å²) in [7, 11) is 1.38. The number of carbonyl (C=O) groups is 3. The van der Waals surface area contributed by atoms with Crippen LogP contribution in [0.4, 0.5) is 10.5 Å². The van der Waals surface area contributed by atoms with Crippen LogP contribution < -0.4 is 10.6 Å². The number of hydrogen-bond acceptors (Lipinski definition) is 6. The second-order valence-corrected chi connectivity index (χ2v) is 8.00. The first-order valence-electron chi connectivity index (χ1n) is 10.9. The fourth-order valence-electron chi connectivity index (χ4n) is 4.15. The molecule has 1 aliphatic carbocycles. The number of methoxy groups -OCH3 is 1. The SMILES string of the molecule is COCC(NC(=O)OCC1c2ccccc2-c2ccccc21)C(=O)Nc1ccc(O)c(C(=O)O)c1. The summed E-state index contributed by atoms with van der Waals surface area (Å²) in [6.45, 7) is -0.0545. The van der Waals surface area contributed by atoms with Gasteiger partial charge in [-0.15, -0.1) is 0 Å². The molecule has 0 radical (unpaired) electrons. The maximum absolute atomic E-state index is 12.7. The number of nitrogens with one attached hydrogen (secondary N) is 2. The Balaban J connectivity index is 1.41. The first kappa shape index (κ1) is 23.8. The number of carboxylic acids is 1. The van der Waals surface area contributed by atoms with Crippen LogP contribution in [0, 0.1) is 0 Å². The number of carbonyl (C=O) groups excluding carboxylic acids is 2. The quantitative estimate of drug-likeness (QED) is 0.365. The molecule has 1 atom stereocenters. The second kappa shape index (κ2) is 10.3. The third-order valence-corrected chi connectivity index (χ3v) is 5.78. The highest BCUT2D eigenvalue weighted by atomic mass is 16.5. The highest BCUT2D eigenvalue weighted by Gasteiger charge is 2.30. The smallest absolute Gasteiger partial charge is 0.407 e. The molecular weight excluding hydrogens is 452 g/mol. The van der Waals surface area contributed by atoms with Gasteiger partial charge in [-0.1, -0.05) is 48.5 Å². The summed E-state index contributed by atoms with van der Waals surface area (Å²) < 4.78 is 10.5. The van der Waals surface area contributed by atoms with Gasteiger partial charge >= 0.3 is 12.1 Å². The molecule has 0 saturated carbocycles. The minimum atomic E-state index is -1.34. The molecule has 0 aliphatic heterocycles. The molecule has 3 aromatic rings. The Morgan fingerprint density at radius 2 is 1.60 bits per heavy atom. The molecule has 4 rings (SSSR count). The number of carboxylic acid groups (broad SMARTS) is 1. The van der Waals surface area contributed by atoms with E-state index in [1.54, 1.807) is 0 Å². The number of aromatic hydroxyl groups is 1. The van der Waals surface area contributed by atoms with Gasteiger partial charge in [0, 0.05) is 18.7 Å². The third kappa shape index (κ3) is 5.10. The van der Waals surface area contributed by atoms with Crippen molar-refractivity contribution in [2.45, 2.75) is 12.0 Å². The normalized spacial score (nSPS) is 12.8. The minimum absolute atomic E-state index is 0.0844. The average Bonchev–Trinajstić information content (AvgIpc) is 3.17. The van der Waals surface area contributed by atoms with Gasteiger partial charge in [-0.25, -0.2) is 9.59 Å². The van der Waals surface area contributed by atoms with Crippen molar-refractivity contribution in [1.29, 1.82) is 0 Å². The van der Waals surface area contributed by atoms with E-state index < -0.39 is 29.8 Å². The molecule has 0 heterocycles. The molecular formula is C26H24N2O7. The zero-order chi connectivity index (χ0) is 24.9. The number of fused-ring (bicyclic) bond motifs is 3. The van der Waals surface area contributed by atoms with Crippen LogP contribution in [0.15, 0.2) is 66.7 Å². The van der Waals surface area contributed by atoms with Crippen molar-refractivity contribution in [1.82, 2.24) is 5.32 Å².